The van der Waals surface area contributed by atoms with Crippen LogP contribution < -0.4 is 15.2 Å². The van der Waals surface area contributed by atoms with Crippen molar-refractivity contribution in [1.82, 2.24) is 4.98 Å². The molecule has 2 heterocycles. The lowest BCUT2D eigenvalue weighted by Gasteiger charge is -2.18. The Kier molecular flexibility index (Phi) is 4.72. The van der Waals surface area contributed by atoms with Crippen LogP contribution in [-0.2, 0) is 18.0 Å². The molecule has 0 unspecified atom stereocenters. The highest BCUT2D eigenvalue weighted by Gasteiger charge is 2.18. The summed E-state index contributed by atoms with van der Waals surface area (Å²) in [5, 5.41) is 7.29. The number of H-pyrrole nitrogens is 1. The molecular weight excluding hydrogens is 318 g/mol. The third kappa shape index (κ3) is 3.99. The lowest BCUT2D eigenvalue weighted by Crippen LogP contribution is -2.32. The number of rotatable bonds is 3. The SMILES string of the molecule is CC(C)(C)c1cc[n+](-c2[nH]c(=O)sc2C=N/N=C(/N)[S-])cc1. The third-order valence-electron chi connectivity index (χ3n) is 2.94. The maximum absolute atomic E-state index is 11.6. The second kappa shape index (κ2) is 6.37. The van der Waals surface area contributed by atoms with Gasteiger partial charge in [0.1, 0.15) is 4.88 Å². The van der Waals surface area contributed by atoms with E-state index in [0.717, 1.165) is 11.3 Å². The Morgan fingerprint density at radius 3 is 2.59 bits per heavy atom. The van der Waals surface area contributed by atoms with Gasteiger partial charge in [0.2, 0.25) is 0 Å². The van der Waals surface area contributed by atoms with Gasteiger partial charge in [0.25, 0.3) is 0 Å². The number of nitrogens with zero attached hydrogens (tertiary/aromatic N) is 3. The Bertz CT molecular complexity index is 762. The molecule has 3 N–H and O–H groups in total. The van der Waals surface area contributed by atoms with Gasteiger partial charge in [0.05, 0.1) is 18.6 Å². The minimum Gasteiger partial charge on any atom is -0.741 e. The topological polar surface area (TPSA) is 87.5 Å². The second-order valence-electron chi connectivity index (χ2n) is 5.65. The molecule has 2 aromatic rings. The highest BCUT2D eigenvalue weighted by atomic mass is 32.1. The minimum absolute atomic E-state index is 0.0529. The zero-order valence-corrected chi connectivity index (χ0v) is 14.2. The molecule has 0 amide bonds. The van der Waals surface area contributed by atoms with E-state index in [9.17, 15) is 4.79 Å². The zero-order chi connectivity index (χ0) is 16.3. The second-order valence-corrected chi connectivity index (χ2v) is 7.09. The first kappa shape index (κ1) is 16.3. The fraction of sp³-hybridized carbons (Fsp3) is 0.286. The lowest BCUT2D eigenvalue weighted by atomic mass is 9.88. The summed E-state index contributed by atoms with van der Waals surface area (Å²) in [6.45, 7) is 6.44. The molecule has 0 aliphatic rings. The first-order valence-electron chi connectivity index (χ1n) is 6.56. The van der Waals surface area contributed by atoms with Crippen molar-refractivity contribution in [2.75, 3.05) is 0 Å². The predicted molar refractivity (Wildman–Crippen MR) is 91.8 cm³/mol. The molecule has 2 aromatic heterocycles. The van der Waals surface area contributed by atoms with Crippen LogP contribution in [0.1, 0.15) is 31.2 Å². The van der Waals surface area contributed by atoms with Crippen molar-refractivity contribution in [2.24, 2.45) is 15.9 Å². The fourth-order valence-electron chi connectivity index (χ4n) is 1.83. The highest BCUT2D eigenvalue weighted by molar-refractivity contribution is 7.77. The van der Waals surface area contributed by atoms with Gasteiger partial charge >= 0.3 is 10.7 Å². The van der Waals surface area contributed by atoms with Gasteiger partial charge in [0, 0.05) is 0 Å². The van der Waals surface area contributed by atoms with E-state index in [1.165, 1.54) is 11.8 Å². The van der Waals surface area contributed by atoms with E-state index in [0.29, 0.717) is 10.7 Å². The van der Waals surface area contributed by atoms with Crippen molar-refractivity contribution >= 4 is 35.3 Å². The number of pyridine rings is 1. The van der Waals surface area contributed by atoms with E-state index in [1.54, 1.807) is 0 Å². The molecule has 0 aliphatic heterocycles. The van der Waals surface area contributed by atoms with E-state index in [4.69, 9.17) is 5.73 Å². The van der Waals surface area contributed by atoms with Crippen LogP contribution in [-0.4, -0.2) is 16.4 Å². The molecule has 0 saturated heterocycles. The number of aromatic nitrogens is 2. The first-order chi connectivity index (χ1) is 10.3. The summed E-state index contributed by atoms with van der Waals surface area (Å²) >= 11 is 5.66. The lowest BCUT2D eigenvalue weighted by molar-refractivity contribution is -0.599. The molecular formula is C14H17N5OS2. The first-order valence-corrected chi connectivity index (χ1v) is 7.78. The van der Waals surface area contributed by atoms with Gasteiger partial charge in [-0.3, -0.25) is 0 Å². The largest absolute Gasteiger partial charge is 0.741 e. The number of aromatic amines is 1. The fourth-order valence-corrected chi connectivity index (χ4v) is 2.57. The molecule has 2 rings (SSSR count). The number of hydrogen-bond donors (Lipinski definition) is 2. The Balaban J connectivity index is 2.39. The number of amidine groups is 1. The molecule has 0 bridgehead atoms. The zero-order valence-electron chi connectivity index (χ0n) is 12.5. The predicted octanol–water partition coefficient (Wildman–Crippen LogP) is 1.21. The van der Waals surface area contributed by atoms with E-state index in [1.807, 2.05) is 29.1 Å². The molecule has 0 radical (unpaired) electrons. The minimum atomic E-state index is -0.167. The molecule has 22 heavy (non-hydrogen) atoms. The Labute approximate surface area is 137 Å². The van der Waals surface area contributed by atoms with E-state index in [2.05, 4.69) is 48.6 Å². The van der Waals surface area contributed by atoms with Gasteiger partial charge in [-0.15, -0.1) is 0 Å². The number of nitrogens with one attached hydrogen (secondary N) is 1. The van der Waals surface area contributed by atoms with Gasteiger partial charge in [-0.05, 0) is 39.6 Å². The van der Waals surface area contributed by atoms with Gasteiger partial charge in [-0.2, -0.15) is 15.2 Å². The molecule has 0 spiro atoms. The van der Waals surface area contributed by atoms with E-state index < -0.39 is 0 Å². The number of nitrogens with two attached hydrogens (primary N) is 1. The van der Waals surface area contributed by atoms with Crippen molar-refractivity contribution in [1.29, 1.82) is 0 Å². The van der Waals surface area contributed by atoms with Crippen molar-refractivity contribution in [2.45, 2.75) is 26.2 Å². The van der Waals surface area contributed by atoms with Crippen LogP contribution in [0.15, 0.2) is 39.5 Å². The summed E-state index contributed by atoms with van der Waals surface area (Å²) in [7, 11) is 0. The molecule has 0 atom stereocenters. The summed E-state index contributed by atoms with van der Waals surface area (Å²) in [5.74, 6) is 0.636. The molecule has 116 valence electrons. The maximum atomic E-state index is 11.6. The average molecular weight is 335 g/mol. The molecule has 6 nitrogen and oxygen atoms in total. The Morgan fingerprint density at radius 1 is 1.41 bits per heavy atom. The average Bonchev–Trinajstić information content (AvgIpc) is 2.79. The van der Waals surface area contributed by atoms with Crippen LogP contribution in [0.3, 0.4) is 0 Å². The smallest absolute Gasteiger partial charge is 0.390 e. The normalized spacial score (nSPS) is 13.0. The maximum Gasteiger partial charge on any atom is 0.390 e. The summed E-state index contributed by atoms with van der Waals surface area (Å²) in [4.78, 5) is 14.9. The van der Waals surface area contributed by atoms with E-state index >= 15 is 0 Å². The Morgan fingerprint density at radius 2 is 2.05 bits per heavy atom. The molecule has 0 aliphatic carbocycles. The standard InChI is InChI=1S/C14H17N5OS2/c1-14(2,3)9-4-6-19(7-5-9)11-10(22-13(20)17-11)8-16-18-12(15)21/h4-8H,1-3H3,(H3-,15,16,17,18,20,21). The quantitative estimate of drug-likeness (QED) is 0.290. The summed E-state index contributed by atoms with van der Waals surface area (Å²) in [6.07, 6.45) is 5.27. The summed E-state index contributed by atoms with van der Waals surface area (Å²) < 4.78 is 1.83. The summed E-state index contributed by atoms with van der Waals surface area (Å²) in [6, 6.07) is 4.05. The Hall–Kier alpha value is -2.06. The monoisotopic (exact) mass is 335 g/mol. The van der Waals surface area contributed by atoms with Crippen molar-refractivity contribution in [3.8, 4) is 5.82 Å². The van der Waals surface area contributed by atoms with Crippen LogP contribution in [0.5, 0.6) is 0 Å². The van der Waals surface area contributed by atoms with Crippen LogP contribution in [0.2, 0.25) is 0 Å². The van der Waals surface area contributed by atoms with Crippen molar-refractivity contribution in [3.63, 3.8) is 0 Å². The molecule has 0 aromatic carbocycles. The van der Waals surface area contributed by atoms with Crippen LogP contribution in [0.25, 0.3) is 5.82 Å². The van der Waals surface area contributed by atoms with Crippen LogP contribution in [0, 0.1) is 0 Å². The van der Waals surface area contributed by atoms with Crippen LogP contribution >= 0.6 is 11.3 Å². The molecule has 8 heteroatoms. The molecule has 0 fully saturated rings. The number of thiazole rings is 1. The highest BCUT2D eigenvalue weighted by Crippen LogP contribution is 2.20. The number of hydrogen-bond acceptors (Lipinski definition) is 5. The third-order valence-corrected chi connectivity index (χ3v) is 3.83. The molecule has 0 saturated carbocycles. The van der Waals surface area contributed by atoms with Gasteiger partial charge in [-0.25, -0.2) is 9.36 Å². The van der Waals surface area contributed by atoms with Gasteiger partial charge in [-0.1, -0.05) is 20.8 Å². The van der Waals surface area contributed by atoms with Gasteiger partial charge in [0.15, 0.2) is 0 Å². The van der Waals surface area contributed by atoms with Crippen molar-refractivity contribution < 1.29 is 4.57 Å². The van der Waals surface area contributed by atoms with E-state index in [-0.39, 0.29) is 15.5 Å². The van der Waals surface area contributed by atoms with Crippen molar-refractivity contribution in [3.05, 3.63) is 44.6 Å². The van der Waals surface area contributed by atoms with Gasteiger partial charge < -0.3 is 18.4 Å². The van der Waals surface area contributed by atoms with Crippen LogP contribution in [0.4, 0.5) is 0 Å². The summed E-state index contributed by atoms with van der Waals surface area (Å²) in [5.41, 5.74) is 6.53.